The number of anilines is 1. The van der Waals surface area contributed by atoms with Gasteiger partial charge in [-0.05, 0) is 36.7 Å². The second-order valence-electron chi connectivity index (χ2n) is 5.58. The van der Waals surface area contributed by atoms with E-state index in [0.717, 1.165) is 26.9 Å². The molecular weight excluding hydrogens is 349 g/mol. The largest absolute Gasteiger partial charge is 0.345 e. The summed E-state index contributed by atoms with van der Waals surface area (Å²) in [5.74, 6) is -0.254. The van der Waals surface area contributed by atoms with Crippen molar-refractivity contribution in [2.75, 3.05) is 31.1 Å². The number of carbonyl (C=O) groups excluding carboxylic acids is 1. The SMILES string of the molecule is Cc1nnsc1C(=O)N1CCN(c2nc3ccc(F)cc3s2)CC1. The van der Waals surface area contributed by atoms with Crippen molar-refractivity contribution in [1.29, 1.82) is 0 Å². The molecule has 0 atom stereocenters. The first kappa shape index (κ1) is 15.4. The Morgan fingerprint density at radius 1 is 1.25 bits per heavy atom. The number of nitrogens with zero attached hydrogens (tertiary/aromatic N) is 5. The van der Waals surface area contributed by atoms with Gasteiger partial charge in [0.25, 0.3) is 5.91 Å². The van der Waals surface area contributed by atoms with Crippen molar-refractivity contribution < 1.29 is 9.18 Å². The van der Waals surface area contributed by atoms with Crippen molar-refractivity contribution in [2.24, 2.45) is 0 Å². The van der Waals surface area contributed by atoms with Gasteiger partial charge in [0.05, 0.1) is 15.9 Å². The van der Waals surface area contributed by atoms with E-state index in [9.17, 15) is 9.18 Å². The van der Waals surface area contributed by atoms with Crippen LogP contribution in [0.5, 0.6) is 0 Å². The summed E-state index contributed by atoms with van der Waals surface area (Å²) in [6.07, 6.45) is 0. The minimum absolute atomic E-state index is 0.00600. The summed E-state index contributed by atoms with van der Waals surface area (Å²) in [6.45, 7) is 4.47. The van der Waals surface area contributed by atoms with Crippen molar-refractivity contribution in [1.82, 2.24) is 19.5 Å². The van der Waals surface area contributed by atoms with E-state index in [1.54, 1.807) is 13.0 Å². The Bertz CT molecular complexity index is 900. The van der Waals surface area contributed by atoms with Crippen LogP contribution in [-0.2, 0) is 0 Å². The smallest absolute Gasteiger partial charge is 0.267 e. The molecule has 0 unspecified atom stereocenters. The number of aromatic nitrogens is 3. The highest BCUT2D eigenvalue weighted by Gasteiger charge is 2.26. The van der Waals surface area contributed by atoms with Crippen LogP contribution in [0.25, 0.3) is 10.2 Å². The Hall–Kier alpha value is -2.13. The van der Waals surface area contributed by atoms with Crippen LogP contribution >= 0.6 is 22.9 Å². The zero-order valence-electron chi connectivity index (χ0n) is 12.9. The molecule has 1 aliphatic heterocycles. The van der Waals surface area contributed by atoms with E-state index >= 15 is 0 Å². The van der Waals surface area contributed by atoms with Crippen LogP contribution in [0.2, 0.25) is 0 Å². The van der Waals surface area contributed by atoms with Gasteiger partial charge in [-0.2, -0.15) is 0 Å². The fourth-order valence-corrected chi connectivity index (χ4v) is 4.36. The standard InChI is InChI=1S/C15H14FN5OS2/c1-9-13(24-19-18-9)14(22)20-4-6-21(7-5-20)15-17-11-3-2-10(16)8-12(11)23-15/h2-3,8H,4-7H2,1H3. The highest BCUT2D eigenvalue weighted by Crippen LogP contribution is 2.30. The first-order valence-corrected chi connectivity index (χ1v) is 9.10. The minimum atomic E-state index is -0.248. The van der Waals surface area contributed by atoms with E-state index in [4.69, 9.17) is 0 Å². The van der Waals surface area contributed by atoms with Gasteiger partial charge in [-0.25, -0.2) is 9.37 Å². The Kier molecular flexibility index (Phi) is 3.89. The lowest BCUT2D eigenvalue weighted by molar-refractivity contribution is 0.0750. The quantitative estimate of drug-likeness (QED) is 0.700. The van der Waals surface area contributed by atoms with Gasteiger partial charge in [-0.3, -0.25) is 4.79 Å². The minimum Gasteiger partial charge on any atom is -0.345 e. The molecule has 0 N–H and O–H groups in total. The van der Waals surface area contributed by atoms with E-state index in [2.05, 4.69) is 19.5 Å². The lowest BCUT2D eigenvalue weighted by atomic mass is 10.3. The monoisotopic (exact) mass is 363 g/mol. The average molecular weight is 363 g/mol. The maximum Gasteiger partial charge on any atom is 0.267 e. The number of amides is 1. The first-order valence-electron chi connectivity index (χ1n) is 7.51. The summed E-state index contributed by atoms with van der Waals surface area (Å²) in [4.78, 5) is 21.6. The number of thiazole rings is 1. The van der Waals surface area contributed by atoms with E-state index in [-0.39, 0.29) is 11.7 Å². The molecule has 0 aliphatic carbocycles. The van der Waals surface area contributed by atoms with Crippen LogP contribution in [0, 0.1) is 12.7 Å². The highest BCUT2D eigenvalue weighted by molar-refractivity contribution is 7.22. The average Bonchev–Trinajstić information content (AvgIpc) is 3.20. The Morgan fingerprint density at radius 2 is 2.04 bits per heavy atom. The van der Waals surface area contributed by atoms with Crippen LogP contribution < -0.4 is 4.90 Å². The molecule has 124 valence electrons. The molecule has 4 rings (SSSR count). The topological polar surface area (TPSA) is 62.2 Å². The normalized spacial score (nSPS) is 15.2. The molecule has 0 radical (unpaired) electrons. The number of halogens is 1. The van der Waals surface area contributed by atoms with Crippen molar-refractivity contribution in [3.63, 3.8) is 0 Å². The molecule has 3 heterocycles. The molecule has 3 aromatic rings. The number of piperazine rings is 1. The molecular formula is C15H14FN5OS2. The van der Waals surface area contributed by atoms with E-state index in [0.29, 0.717) is 36.8 Å². The summed E-state index contributed by atoms with van der Waals surface area (Å²) in [5, 5.41) is 4.77. The summed E-state index contributed by atoms with van der Waals surface area (Å²) in [6, 6.07) is 4.63. The number of aryl methyl sites for hydroxylation is 1. The molecule has 1 fully saturated rings. The Morgan fingerprint density at radius 3 is 2.75 bits per heavy atom. The highest BCUT2D eigenvalue weighted by atomic mass is 32.1. The summed E-state index contributed by atoms with van der Waals surface area (Å²) in [7, 11) is 0. The second-order valence-corrected chi connectivity index (χ2v) is 7.34. The molecule has 0 bridgehead atoms. The van der Waals surface area contributed by atoms with Gasteiger partial charge in [-0.1, -0.05) is 15.8 Å². The molecule has 24 heavy (non-hydrogen) atoms. The number of hydrogen-bond donors (Lipinski definition) is 0. The Balaban J connectivity index is 1.47. The third kappa shape index (κ3) is 2.73. The van der Waals surface area contributed by atoms with Gasteiger partial charge in [0, 0.05) is 26.2 Å². The lowest BCUT2D eigenvalue weighted by Gasteiger charge is -2.34. The van der Waals surface area contributed by atoms with Crippen molar-refractivity contribution in [3.8, 4) is 0 Å². The summed E-state index contributed by atoms with van der Waals surface area (Å²) >= 11 is 2.62. The van der Waals surface area contributed by atoms with Crippen molar-refractivity contribution in [2.45, 2.75) is 6.92 Å². The Labute approximate surface area is 145 Å². The third-order valence-corrected chi connectivity index (χ3v) is 5.92. The summed E-state index contributed by atoms with van der Waals surface area (Å²) < 4.78 is 18.0. The number of benzene rings is 1. The van der Waals surface area contributed by atoms with Gasteiger partial charge < -0.3 is 9.80 Å². The van der Waals surface area contributed by atoms with Crippen LogP contribution in [0.3, 0.4) is 0 Å². The van der Waals surface area contributed by atoms with Crippen LogP contribution in [0.1, 0.15) is 15.4 Å². The fourth-order valence-electron chi connectivity index (χ4n) is 2.69. The predicted octanol–water partition coefficient (Wildman–Crippen LogP) is 2.56. The molecule has 0 spiro atoms. The second kappa shape index (κ2) is 6.06. The number of fused-ring (bicyclic) bond motifs is 1. The maximum absolute atomic E-state index is 13.3. The zero-order chi connectivity index (χ0) is 16.7. The molecule has 1 aliphatic rings. The molecule has 1 amide bonds. The van der Waals surface area contributed by atoms with Gasteiger partial charge >= 0.3 is 0 Å². The van der Waals surface area contributed by atoms with Crippen LogP contribution in [0.4, 0.5) is 9.52 Å². The zero-order valence-corrected chi connectivity index (χ0v) is 14.5. The van der Waals surface area contributed by atoms with E-state index in [1.807, 2.05) is 4.90 Å². The lowest BCUT2D eigenvalue weighted by Crippen LogP contribution is -2.48. The first-order chi connectivity index (χ1) is 11.6. The van der Waals surface area contributed by atoms with E-state index in [1.165, 1.54) is 23.5 Å². The fraction of sp³-hybridized carbons (Fsp3) is 0.333. The van der Waals surface area contributed by atoms with E-state index < -0.39 is 0 Å². The van der Waals surface area contributed by atoms with Gasteiger partial charge in [0.2, 0.25) is 0 Å². The number of carbonyl (C=O) groups is 1. The van der Waals surface area contributed by atoms with Crippen LogP contribution in [0.15, 0.2) is 18.2 Å². The van der Waals surface area contributed by atoms with Crippen molar-refractivity contribution in [3.05, 3.63) is 34.6 Å². The summed E-state index contributed by atoms with van der Waals surface area (Å²) in [5.41, 5.74) is 1.49. The maximum atomic E-state index is 13.3. The van der Waals surface area contributed by atoms with Gasteiger partial charge in [-0.15, -0.1) is 5.10 Å². The third-order valence-electron chi connectivity index (χ3n) is 4.02. The van der Waals surface area contributed by atoms with Gasteiger partial charge in [0.15, 0.2) is 5.13 Å². The molecule has 9 heteroatoms. The molecule has 1 saturated heterocycles. The van der Waals surface area contributed by atoms with Gasteiger partial charge in [0.1, 0.15) is 10.7 Å². The molecule has 1 aromatic carbocycles. The van der Waals surface area contributed by atoms with Crippen LogP contribution in [-0.4, -0.2) is 51.6 Å². The molecule has 2 aromatic heterocycles. The number of hydrogen-bond acceptors (Lipinski definition) is 7. The predicted molar refractivity (Wildman–Crippen MR) is 92.3 cm³/mol. The number of rotatable bonds is 2. The molecule has 6 nitrogen and oxygen atoms in total. The van der Waals surface area contributed by atoms with Crippen molar-refractivity contribution >= 4 is 44.1 Å². The molecule has 0 saturated carbocycles.